The van der Waals surface area contributed by atoms with Gasteiger partial charge in [-0.25, -0.2) is 0 Å². The van der Waals surface area contributed by atoms with Crippen LogP contribution in [-0.4, -0.2) is 13.6 Å². The molecule has 0 bridgehead atoms. The molecule has 1 saturated carbocycles. The number of benzene rings is 1. The fourth-order valence-electron chi connectivity index (χ4n) is 2.97. The van der Waals surface area contributed by atoms with Crippen molar-refractivity contribution in [3.63, 3.8) is 0 Å². The van der Waals surface area contributed by atoms with E-state index in [1.165, 1.54) is 43.4 Å². The van der Waals surface area contributed by atoms with Crippen LogP contribution in [0.15, 0.2) is 22.7 Å². The highest BCUT2D eigenvalue weighted by Gasteiger charge is 2.17. The van der Waals surface area contributed by atoms with E-state index in [-0.39, 0.29) is 6.04 Å². The first-order valence-electron chi connectivity index (χ1n) is 7.34. The molecule has 0 spiro atoms. The highest BCUT2D eigenvalue weighted by atomic mass is 79.9. The molecule has 19 heavy (non-hydrogen) atoms. The average Bonchev–Trinajstić information content (AvgIpc) is 2.39. The minimum Gasteiger partial charge on any atom is -0.373 e. The molecular formula is C16H25BrN2. The molecule has 2 N–H and O–H groups in total. The highest BCUT2D eigenvalue weighted by Crippen LogP contribution is 2.31. The van der Waals surface area contributed by atoms with E-state index in [4.69, 9.17) is 5.73 Å². The normalized spacial score (nSPS) is 18.3. The maximum Gasteiger partial charge on any atom is 0.0508 e. The molecule has 1 aromatic rings. The van der Waals surface area contributed by atoms with Gasteiger partial charge < -0.3 is 10.6 Å². The first-order valence-corrected chi connectivity index (χ1v) is 8.13. The van der Waals surface area contributed by atoms with Crippen LogP contribution >= 0.6 is 15.9 Å². The predicted octanol–water partition coefficient (Wildman–Crippen LogP) is 4.49. The minimum absolute atomic E-state index is 0.0917. The van der Waals surface area contributed by atoms with E-state index >= 15 is 0 Å². The van der Waals surface area contributed by atoms with Gasteiger partial charge in [-0.1, -0.05) is 25.3 Å². The smallest absolute Gasteiger partial charge is 0.0508 e. The van der Waals surface area contributed by atoms with Gasteiger partial charge >= 0.3 is 0 Å². The molecule has 1 aromatic carbocycles. The van der Waals surface area contributed by atoms with Gasteiger partial charge in [0.25, 0.3) is 0 Å². The maximum absolute atomic E-state index is 5.92. The molecule has 2 nitrogen and oxygen atoms in total. The van der Waals surface area contributed by atoms with Crippen LogP contribution in [0.5, 0.6) is 0 Å². The summed E-state index contributed by atoms with van der Waals surface area (Å²) in [6.45, 7) is 3.18. The average molecular weight is 325 g/mol. The van der Waals surface area contributed by atoms with Gasteiger partial charge in [0.05, 0.1) is 5.69 Å². The van der Waals surface area contributed by atoms with Gasteiger partial charge in [0.15, 0.2) is 0 Å². The SMILES string of the molecule is C[C@@H](N)c1ccc(N(C)CC2CCCCC2)c(Br)c1. The van der Waals surface area contributed by atoms with Gasteiger partial charge in [-0.05, 0) is 59.3 Å². The molecule has 0 amide bonds. The molecule has 2 rings (SSSR count). The van der Waals surface area contributed by atoms with Crippen molar-refractivity contribution in [2.24, 2.45) is 11.7 Å². The molecule has 1 aliphatic carbocycles. The molecule has 1 fully saturated rings. The number of nitrogens with two attached hydrogens (primary N) is 1. The number of halogens is 1. The van der Waals surface area contributed by atoms with Crippen molar-refractivity contribution in [3.05, 3.63) is 28.2 Å². The van der Waals surface area contributed by atoms with Gasteiger partial charge in [0.2, 0.25) is 0 Å². The number of hydrogen-bond acceptors (Lipinski definition) is 2. The summed E-state index contributed by atoms with van der Waals surface area (Å²) in [4.78, 5) is 2.38. The summed E-state index contributed by atoms with van der Waals surface area (Å²) in [6.07, 6.45) is 7.01. The summed E-state index contributed by atoms with van der Waals surface area (Å²) in [7, 11) is 2.19. The summed E-state index contributed by atoms with van der Waals surface area (Å²) in [6, 6.07) is 6.57. The third-order valence-corrected chi connectivity index (χ3v) is 4.80. The van der Waals surface area contributed by atoms with E-state index in [0.717, 1.165) is 16.9 Å². The number of hydrogen-bond donors (Lipinski definition) is 1. The Hall–Kier alpha value is -0.540. The van der Waals surface area contributed by atoms with Crippen molar-refractivity contribution in [2.45, 2.75) is 45.1 Å². The third kappa shape index (κ3) is 3.96. The Bertz CT molecular complexity index is 411. The van der Waals surface area contributed by atoms with E-state index in [1.54, 1.807) is 0 Å². The molecular weight excluding hydrogens is 300 g/mol. The van der Waals surface area contributed by atoms with Crippen LogP contribution < -0.4 is 10.6 Å². The zero-order chi connectivity index (χ0) is 13.8. The quantitative estimate of drug-likeness (QED) is 0.884. The van der Waals surface area contributed by atoms with Crippen LogP contribution in [0.2, 0.25) is 0 Å². The van der Waals surface area contributed by atoms with E-state index < -0.39 is 0 Å². The molecule has 0 aliphatic heterocycles. The maximum atomic E-state index is 5.92. The molecule has 0 saturated heterocycles. The molecule has 0 radical (unpaired) electrons. The van der Waals surface area contributed by atoms with Gasteiger partial charge in [0.1, 0.15) is 0 Å². The molecule has 1 atom stereocenters. The Balaban J connectivity index is 2.03. The molecule has 106 valence electrons. The van der Waals surface area contributed by atoms with Gasteiger partial charge in [-0.2, -0.15) is 0 Å². The second kappa shape index (κ2) is 6.76. The lowest BCUT2D eigenvalue weighted by molar-refractivity contribution is 0.362. The molecule has 3 heteroatoms. The predicted molar refractivity (Wildman–Crippen MR) is 86.6 cm³/mol. The Labute approximate surface area is 125 Å². The fourth-order valence-corrected chi connectivity index (χ4v) is 3.67. The number of nitrogens with zero attached hydrogens (tertiary/aromatic N) is 1. The lowest BCUT2D eigenvalue weighted by Crippen LogP contribution is -2.27. The third-order valence-electron chi connectivity index (χ3n) is 4.17. The molecule has 0 heterocycles. The van der Waals surface area contributed by atoms with Gasteiger partial charge in [-0.15, -0.1) is 0 Å². The lowest BCUT2D eigenvalue weighted by atomic mass is 9.89. The van der Waals surface area contributed by atoms with E-state index in [9.17, 15) is 0 Å². The fraction of sp³-hybridized carbons (Fsp3) is 0.625. The Morgan fingerprint density at radius 1 is 1.32 bits per heavy atom. The van der Waals surface area contributed by atoms with Crippen molar-refractivity contribution in [1.82, 2.24) is 0 Å². The second-order valence-electron chi connectivity index (χ2n) is 5.88. The van der Waals surface area contributed by atoms with Crippen LogP contribution in [-0.2, 0) is 0 Å². The van der Waals surface area contributed by atoms with Crippen molar-refractivity contribution in [1.29, 1.82) is 0 Å². The standard InChI is InChI=1S/C16H25BrN2/c1-12(18)14-8-9-16(15(17)10-14)19(2)11-13-6-4-3-5-7-13/h8-10,12-13H,3-7,11,18H2,1-2H3/t12-/m1/s1. The van der Waals surface area contributed by atoms with Gasteiger partial charge in [-0.3, -0.25) is 0 Å². The summed E-state index contributed by atoms with van der Waals surface area (Å²) in [5.41, 5.74) is 8.38. The molecule has 1 aliphatic rings. The summed E-state index contributed by atoms with van der Waals surface area (Å²) < 4.78 is 1.15. The molecule has 0 unspecified atom stereocenters. The summed E-state index contributed by atoms with van der Waals surface area (Å²) >= 11 is 3.68. The zero-order valence-electron chi connectivity index (χ0n) is 12.0. The van der Waals surface area contributed by atoms with Crippen LogP contribution in [0.25, 0.3) is 0 Å². The van der Waals surface area contributed by atoms with Crippen LogP contribution in [0.4, 0.5) is 5.69 Å². The van der Waals surface area contributed by atoms with E-state index in [2.05, 4.69) is 46.1 Å². The van der Waals surface area contributed by atoms with E-state index in [1.807, 2.05) is 6.92 Å². The minimum atomic E-state index is 0.0917. The van der Waals surface area contributed by atoms with Crippen LogP contribution in [0, 0.1) is 5.92 Å². The van der Waals surface area contributed by atoms with Crippen LogP contribution in [0.1, 0.15) is 50.6 Å². The lowest BCUT2D eigenvalue weighted by Gasteiger charge is -2.29. The number of rotatable bonds is 4. The summed E-state index contributed by atoms with van der Waals surface area (Å²) in [5, 5.41) is 0. The van der Waals surface area contributed by atoms with Crippen molar-refractivity contribution in [2.75, 3.05) is 18.5 Å². The summed E-state index contributed by atoms with van der Waals surface area (Å²) in [5.74, 6) is 0.860. The van der Waals surface area contributed by atoms with Crippen molar-refractivity contribution in [3.8, 4) is 0 Å². The first kappa shape index (κ1) is 14.9. The monoisotopic (exact) mass is 324 g/mol. The largest absolute Gasteiger partial charge is 0.373 e. The Kier molecular flexibility index (Phi) is 5.28. The Morgan fingerprint density at radius 2 is 2.00 bits per heavy atom. The topological polar surface area (TPSA) is 29.3 Å². The van der Waals surface area contributed by atoms with Crippen molar-refractivity contribution >= 4 is 21.6 Å². The zero-order valence-corrected chi connectivity index (χ0v) is 13.6. The highest BCUT2D eigenvalue weighted by molar-refractivity contribution is 9.10. The number of anilines is 1. The van der Waals surface area contributed by atoms with Crippen molar-refractivity contribution < 1.29 is 0 Å². The van der Waals surface area contributed by atoms with E-state index in [0.29, 0.717) is 0 Å². The first-order chi connectivity index (χ1) is 9.08. The molecule has 0 aromatic heterocycles. The Morgan fingerprint density at radius 3 is 2.58 bits per heavy atom. The van der Waals surface area contributed by atoms with Gasteiger partial charge in [0, 0.05) is 24.1 Å². The van der Waals surface area contributed by atoms with Crippen LogP contribution in [0.3, 0.4) is 0 Å². The second-order valence-corrected chi connectivity index (χ2v) is 6.74.